The first kappa shape index (κ1) is 12.0. The van der Waals surface area contributed by atoms with Crippen LogP contribution < -0.4 is 11.1 Å². The van der Waals surface area contributed by atoms with Crippen LogP contribution in [0.1, 0.15) is 48.7 Å². The van der Waals surface area contributed by atoms with Gasteiger partial charge in [-0.3, -0.25) is 9.78 Å². The summed E-state index contributed by atoms with van der Waals surface area (Å²) in [4.78, 5) is 16.2. The van der Waals surface area contributed by atoms with Crippen LogP contribution >= 0.6 is 0 Å². The van der Waals surface area contributed by atoms with E-state index in [2.05, 4.69) is 17.2 Å². The quantitative estimate of drug-likeness (QED) is 0.830. The van der Waals surface area contributed by atoms with Crippen molar-refractivity contribution >= 4 is 5.91 Å². The zero-order valence-electron chi connectivity index (χ0n) is 10.2. The molecule has 4 heteroatoms. The Morgan fingerprint density at radius 3 is 2.88 bits per heavy atom. The molecule has 1 aliphatic carbocycles. The van der Waals surface area contributed by atoms with Crippen molar-refractivity contribution in [2.24, 2.45) is 5.73 Å². The number of nitrogens with zero attached hydrogens (tertiary/aromatic N) is 1. The summed E-state index contributed by atoms with van der Waals surface area (Å²) in [7, 11) is 0. The number of nitrogens with one attached hydrogen (secondary N) is 1. The zero-order chi connectivity index (χ0) is 12.3. The Kier molecular flexibility index (Phi) is 3.43. The molecule has 3 N–H and O–H groups in total. The smallest absolute Gasteiger partial charge is 0.251 e. The Hall–Kier alpha value is -1.42. The number of hydrogen-bond acceptors (Lipinski definition) is 3. The summed E-state index contributed by atoms with van der Waals surface area (Å²) in [5.41, 5.74) is 6.95. The van der Waals surface area contributed by atoms with Gasteiger partial charge in [-0.2, -0.15) is 0 Å². The third kappa shape index (κ3) is 2.47. The number of nitrogens with two attached hydrogens (primary N) is 1. The van der Waals surface area contributed by atoms with Crippen LogP contribution in [0.25, 0.3) is 0 Å². The van der Waals surface area contributed by atoms with Gasteiger partial charge in [-0.1, -0.05) is 6.92 Å². The first-order valence-electron chi connectivity index (χ1n) is 6.16. The monoisotopic (exact) mass is 233 g/mol. The lowest BCUT2D eigenvalue weighted by molar-refractivity contribution is 0.0820. The van der Waals surface area contributed by atoms with Crippen molar-refractivity contribution in [1.29, 1.82) is 0 Å². The Labute approximate surface area is 102 Å². The summed E-state index contributed by atoms with van der Waals surface area (Å²) >= 11 is 0. The van der Waals surface area contributed by atoms with E-state index in [9.17, 15) is 4.79 Å². The number of pyridine rings is 1. The molecule has 2 rings (SSSR count). The van der Waals surface area contributed by atoms with Gasteiger partial charge in [0.05, 0.1) is 5.69 Å². The molecule has 92 valence electrons. The fourth-order valence-electron chi connectivity index (χ4n) is 2.21. The van der Waals surface area contributed by atoms with Crippen LogP contribution in [0.3, 0.4) is 0 Å². The lowest BCUT2D eigenvalue weighted by Crippen LogP contribution is -2.53. The van der Waals surface area contributed by atoms with E-state index in [1.54, 1.807) is 18.3 Å². The summed E-state index contributed by atoms with van der Waals surface area (Å²) in [6.07, 6.45) is 6.01. The van der Waals surface area contributed by atoms with E-state index >= 15 is 0 Å². The molecule has 1 aliphatic rings. The molecule has 0 saturated heterocycles. The molecule has 1 aromatic rings. The van der Waals surface area contributed by atoms with Crippen molar-refractivity contribution < 1.29 is 4.79 Å². The number of rotatable bonds is 4. The SMILES string of the molecule is CCC1(NC(=O)c2ccnc(CN)c2)CCC1. The van der Waals surface area contributed by atoms with E-state index in [1.807, 2.05) is 0 Å². The third-order valence-corrected chi connectivity index (χ3v) is 3.65. The zero-order valence-corrected chi connectivity index (χ0v) is 10.2. The van der Waals surface area contributed by atoms with E-state index in [1.165, 1.54) is 6.42 Å². The van der Waals surface area contributed by atoms with Gasteiger partial charge in [-0.05, 0) is 37.8 Å². The molecule has 1 aromatic heterocycles. The van der Waals surface area contributed by atoms with Crippen LogP contribution in [0.2, 0.25) is 0 Å². The molecular formula is C13H19N3O. The van der Waals surface area contributed by atoms with Crippen molar-refractivity contribution in [1.82, 2.24) is 10.3 Å². The van der Waals surface area contributed by atoms with E-state index in [0.29, 0.717) is 12.1 Å². The van der Waals surface area contributed by atoms with Gasteiger partial charge in [0.15, 0.2) is 0 Å². The molecule has 0 spiro atoms. The van der Waals surface area contributed by atoms with Gasteiger partial charge in [0.1, 0.15) is 0 Å². The predicted molar refractivity (Wildman–Crippen MR) is 66.5 cm³/mol. The molecule has 0 bridgehead atoms. The maximum atomic E-state index is 12.1. The van der Waals surface area contributed by atoms with E-state index in [4.69, 9.17) is 5.73 Å². The maximum absolute atomic E-state index is 12.1. The minimum Gasteiger partial charge on any atom is -0.347 e. The third-order valence-electron chi connectivity index (χ3n) is 3.65. The minimum atomic E-state index is -0.0105. The molecule has 0 aliphatic heterocycles. The topological polar surface area (TPSA) is 68.0 Å². The van der Waals surface area contributed by atoms with Gasteiger partial charge >= 0.3 is 0 Å². The van der Waals surface area contributed by atoms with Gasteiger partial charge in [0.2, 0.25) is 0 Å². The normalized spacial score (nSPS) is 17.3. The maximum Gasteiger partial charge on any atom is 0.251 e. The number of carbonyl (C=O) groups is 1. The first-order chi connectivity index (χ1) is 8.19. The fraction of sp³-hybridized carbons (Fsp3) is 0.538. The number of amides is 1. The van der Waals surface area contributed by atoms with Crippen molar-refractivity contribution in [2.45, 2.75) is 44.7 Å². The Morgan fingerprint density at radius 2 is 2.35 bits per heavy atom. The molecule has 0 aromatic carbocycles. The highest BCUT2D eigenvalue weighted by Crippen LogP contribution is 2.34. The Morgan fingerprint density at radius 1 is 1.59 bits per heavy atom. The summed E-state index contributed by atoms with van der Waals surface area (Å²) in [6, 6.07) is 3.49. The molecular weight excluding hydrogens is 214 g/mol. The highest BCUT2D eigenvalue weighted by Gasteiger charge is 2.36. The van der Waals surface area contributed by atoms with Crippen molar-refractivity contribution in [2.75, 3.05) is 0 Å². The fourth-order valence-corrected chi connectivity index (χ4v) is 2.21. The molecule has 0 atom stereocenters. The second kappa shape index (κ2) is 4.84. The van der Waals surface area contributed by atoms with E-state index < -0.39 is 0 Å². The number of hydrogen-bond donors (Lipinski definition) is 2. The lowest BCUT2D eigenvalue weighted by atomic mass is 9.74. The standard InChI is InChI=1S/C13H19N3O/c1-2-13(5-3-6-13)16-12(17)10-4-7-15-11(8-10)9-14/h4,7-8H,2-3,5-6,9,14H2,1H3,(H,16,17). The van der Waals surface area contributed by atoms with E-state index in [0.717, 1.165) is 25.0 Å². The molecule has 1 amide bonds. The van der Waals surface area contributed by atoms with Gasteiger partial charge in [-0.25, -0.2) is 0 Å². The summed E-state index contributed by atoms with van der Waals surface area (Å²) in [5, 5.41) is 3.14. The molecule has 4 nitrogen and oxygen atoms in total. The second-order valence-corrected chi connectivity index (χ2v) is 4.68. The summed E-state index contributed by atoms with van der Waals surface area (Å²) in [5.74, 6) is -0.0105. The first-order valence-corrected chi connectivity index (χ1v) is 6.16. The molecule has 0 radical (unpaired) electrons. The average molecular weight is 233 g/mol. The van der Waals surface area contributed by atoms with Crippen LogP contribution in [0.15, 0.2) is 18.3 Å². The second-order valence-electron chi connectivity index (χ2n) is 4.68. The predicted octanol–water partition coefficient (Wildman–Crippen LogP) is 1.60. The largest absolute Gasteiger partial charge is 0.347 e. The van der Waals surface area contributed by atoms with Gasteiger partial charge in [0, 0.05) is 23.8 Å². The van der Waals surface area contributed by atoms with Crippen LogP contribution in [0, 0.1) is 0 Å². The molecule has 1 fully saturated rings. The Balaban J connectivity index is 2.08. The van der Waals surface area contributed by atoms with Crippen molar-refractivity contribution in [3.8, 4) is 0 Å². The number of aromatic nitrogens is 1. The van der Waals surface area contributed by atoms with Crippen LogP contribution in [0.5, 0.6) is 0 Å². The van der Waals surface area contributed by atoms with Crippen molar-refractivity contribution in [3.05, 3.63) is 29.6 Å². The number of carbonyl (C=O) groups excluding carboxylic acids is 1. The summed E-state index contributed by atoms with van der Waals surface area (Å²) in [6.45, 7) is 2.48. The molecule has 17 heavy (non-hydrogen) atoms. The van der Waals surface area contributed by atoms with Crippen LogP contribution in [-0.2, 0) is 6.54 Å². The van der Waals surface area contributed by atoms with Gasteiger partial charge < -0.3 is 11.1 Å². The molecule has 1 saturated carbocycles. The van der Waals surface area contributed by atoms with Crippen molar-refractivity contribution in [3.63, 3.8) is 0 Å². The molecule has 1 heterocycles. The highest BCUT2D eigenvalue weighted by atomic mass is 16.1. The van der Waals surface area contributed by atoms with Crippen LogP contribution in [-0.4, -0.2) is 16.4 Å². The van der Waals surface area contributed by atoms with Crippen LogP contribution in [0.4, 0.5) is 0 Å². The average Bonchev–Trinajstić information content (AvgIpc) is 2.33. The van der Waals surface area contributed by atoms with E-state index in [-0.39, 0.29) is 11.4 Å². The minimum absolute atomic E-state index is 0.0105. The highest BCUT2D eigenvalue weighted by molar-refractivity contribution is 5.94. The lowest BCUT2D eigenvalue weighted by Gasteiger charge is -2.42. The van der Waals surface area contributed by atoms with Gasteiger partial charge in [-0.15, -0.1) is 0 Å². The van der Waals surface area contributed by atoms with Gasteiger partial charge in [0.25, 0.3) is 5.91 Å². The summed E-state index contributed by atoms with van der Waals surface area (Å²) < 4.78 is 0. The Bertz CT molecular complexity index is 407. The molecule has 0 unspecified atom stereocenters.